The Hall–Kier alpha value is -1.88. The van der Waals surface area contributed by atoms with Crippen LogP contribution >= 0.6 is 11.3 Å². The molecule has 3 rings (SSSR count). The maximum Gasteiger partial charge on any atom is 0.254 e. The zero-order chi connectivity index (χ0) is 14.8. The van der Waals surface area contributed by atoms with Crippen LogP contribution < -0.4 is 4.90 Å². The molecule has 0 unspecified atom stereocenters. The zero-order valence-electron chi connectivity index (χ0n) is 12.4. The van der Waals surface area contributed by atoms with Crippen molar-refractivity contribution in [2.24, 2.45) is 0 Å². The molecule has 1 saturated heterocycles. The van der Waals surface area contributed by atoms with Crippen LogP contribution in [0.1, 0.15) is 21.5 Å². The van der Waals surface area contributed by atoms with Crippen LogP contribution in [0.4, 0.5) is 5.13 Å². The Morgan fingerprint density at radius 2 is 1.95 bits per heavy atom. The summed E-state index contributed by atoms with van der Waals surface area (Å²) in [5, 5.41) is 3.04. The average Bonchev–Trinajstić information content (AvgIpc) is 3.03. The van der Waals surface area contributed by atoms with Gasteiger partial charge in [0.05, 0.1) is 0 Å². The van der Waals surface area contributed by atoms with E-state index in [2.05, 4.69) is 9.88 Å². The number of piperazine rings is 1. The highest BCUT2D eigenvalue weighted by Gasteiger charge is 2.24. The number of amides is 1. The van der Waals surface area contributed by atoms with E-state index < -0.39 is 0 Å². The third-order valence-corrected chi connectivity index (χ3v) is 4.71. The molecule has 4 nitrogen and oxygen atoms in total. The van der Waals surface area contributed by atoms with Crippen molar-refractivity contribution >= 4 is 22.4 Å². The molecule has 5 heteroatoms. The Bertz CT molecular complexity index is 631. The Balaban J connectivity index is 1.69. The van der Waals surface area contributed by atoms with Crippen LogP contribution in [0.15, 0.2) is 29.8 Å². The number of aromatic nitrogens is 1. The maximum atomic E-state index is 12.7. The van der Waals surface area contributed by atoms with Gasteiger partial charge in [-0.25, -0.2) is 4.98 Å². The van der Waals surface area contributed by atoms with Gasteiger partial charge in [0.25, 0.3) is 5.91 Å². The third-order valence-electron chi connectivity index (χ3n) is 3.88. The molecule has 0 aliphatic carbocycles. The Labute approximate surface area is 129 Å². The lowest BCUT2D eigenvalue weighted by atomic mass is 10.0. The summed E-state index contributed by atoms with van der Waals surface area (Å²) in [7, 11) is 0. The molecular formula is C16H19N3OS. The number of carbonyl (C=O) groups is 1. The van der Waals surface area contributed by atoms with Crippen molar-refractivity contribution in [1.29, 1.82) is 0 Å². The summed E-state index contributed by atoms with van der Waals surface area (Å²) >= 11 is 1.65. The first-order valence-corrected chi connectivity index (χ1v) is 8.04. The fourth-order valence-electron chi connectivity index (χ4n) is 2.61. The van der Waals surface area contributed by atoms with Gasteiger partial charge in [-0.15, -0.1) is 11.3 Å². The van der Waals surface area contributed by atoms with Gasteiger partial charge in [0.15, 0.2) is 5.13 Å². The Morgan fingerprint density at radius 1 is 1.19 bits per heavy atom. The van der Waals surface area contributed by atoms with Crippen LogP contribution in [0.3, 0.4) is 0 Å². The van der Waals surface area contributed by atoms with Crippen molar-refractivity contribution in [3.8, 4) is 0 Å². The second-order valence-electron chi connectivity index (χ2n) is 5.41. The van der Waals surface area contributed by atoms with Gasteiger partial charge in [-0.2, -0.15) is 0 Å². The first kappa shape index (κ1) is 14.1. The minimum atomic E-state index is 0.148. The summed E-state index contributed by atoms with van der Waals surface area (Å²) in [4.78, 5) is 21.2. The number of hydrogen-bond donors (Lipinski definition) is 0. The van der Waals surface area contributed by atoms with E-state index in [1.165, 1.54) is 0 Å². The van der Waals surface area contributed by atoms with Crippen molar-refractivity contribution < 1.29 is 4.79 Å². The van der Waals surface area contributed by atoms with Crippen LogP contribution in [-0.4, -0.2) is 42.0 Å². The molecule has 0 saturated carbocycles. The number of rotatable bonds is 2. The van der Waals surface area contributed by atoms with E-state index in [1.54, 1.807) is 11.3 Å². The molecule has 110 valence electrons. The van der Waals surface area contributed by atoms with Gasteiger partial charge in [0.1, 0.15) is 0 Å². The minimum Gasteiger partial charge on any atom is -0.345 e. The van der Waals surface area contributed by atoms with Gasteiger partial charge < -0.3 is 9.80 Å². The molecule has 21 heavy (non-hydrogen) atoms. The van der Waals surface area contributed by atoms with Crippen molar-refractivity contribution in [2.45, 2.75) is 13.8 Å². The van der Waals surface area contributed by atoms with Crippen molar-refractivity contribution in [3.05, 3.63) is 46.5 Å². The lowest BCUT2D eigenvalue weighted by Crippen LogP contribution is -2.48. The van der Waals surface area contributed by atoms with E-state index in [0.717, 1.165) is 48.0 Å². The van der Waals surface area contributed by atoms with Crippen LogP contribution in [0.5, 0.6) is 0 Å². The largest absolute Gasteiger partial charge is 0.345 e. The molecule has 1 aromatic heterocycles. The van der Waals surface area contributed by atoms with Crippen LogP contribution in [-0.2, 0) is 0 Å². The molecule has 1 fully saturated rings. The topological polar surface area (TPSA) is 36.4 Å². The van der Waals surface area contributed by atoms with Crippen LogP contribution in [0.25, 0.3) is 0 Å². The average molecular weight is 301 g/mol. The number of carbonyl (C=O) groups excluding carboxylic acids is 1. The minimum absolute atomic E-state index is 0.148. The van der Waals surface area contributed by atoms with Crippen molar-refractivity contribution in [1.82, 2.24) is 9.88 Å². The highest BCUT2D eigenvalue weighted by molar-refractivity contribution is 7.13. The zero-order valence-corrected chi connectivity index (χ0v) is 13.2. The molecule has 2 aromatic rings. The summed E-state index contributed by atoms with van der Waals surface area (Å²) in [6, 6.07) is 6.06. The highest BCUT2D eigenvalue weighted by Crippen LogP contribution is 2.20. The lowest BCUT2D eigenvalue weighted by Gasteiger charge is -2.34. The SMILES string of the molecule is Cc1ccc(C)c(C(=O)N2CCN(c3nccs3)CC2)c1. The summed E-state index contributed by atoms with van der Waals surface area (Å²) < 4.78 is 0. The molecule has 0 atom stereocenters. The fourth-order valence-corrected chi connectivity index (χ4v) is 3.31. The fraction of sp³-hybridized carbons (Fsp3) is 0.375. The van der Waals surface area contributed by atoms with Gasteiger partial charge in [0.2, 0.25) is 0 Å². The van der Waals surface area contributed by atoms with E-state index in [-0.39, 0.29) is 5.91 Å². The second kappa shape index (κ2) is 5.85. The van der Waals surface area contributed by atoms with Crippen molar-refractivity contribution in [3.63, 3.8) is 0 Å². The third kappa shape index (κ3) is 2.93. The normalized spacial score (nSPS) is 15.3. The van der Waals surface area contributed by atoms with E-state index in [0.29, 0.717) is 0 Å². The summed E-state index contributed by atoms with van der Waals surface area (Å²) in [6.45, 7) is 7.24. The molecule has 2 heterocycles. The smallest absolute Gasteiger partial charge is 0.254 e. The lowest BCUT2D eigenvalue weighted by molar-refractivity contribution is 0.0746. The molecule has 0 bridgehead atoms. The monoisotopic (exact) mass is 301 g/mol. The molecule has 1 amide bonds. The van der Waals surface area contributed by atoms with E-state index in [1.807, 2.05) is 48.5 Å². The summed E-state index contributed by atoms with van der Waals surface area (Å²) in [5.74, 6) is 0.148. The van der Waals surface area contributed by atoms with Gasteiger partial charge in [-0.3, -0.25) is 4.79 Å². The molecule has 0 N–H and O–H groups in total. The Kier molecular flexibility index (Phi) is 3.92. The summed E-state index contributed by atoms with van der Waals surface area (Å²) in [5.41, 5.74) is 3.01. The summed E-state index contributed by atoms with van der Waals surface area (Å²) in [6.07, 6.45) is 1.83. The number of benzene rings is 1. The molecule has 0 radical (unpaired) electrons. The van der Waals surface area contributed by atoms with E-state index in [9.17, 15) is 4.79 Å². The van der Waals surface area contributed by atoms with Crippen molar-refractivity contribution in [2.75, 3.05) is 31.1 Å². The first-order valence-electron chi connectivity index (χ1n) is 7.16. The quantitative estimate of drug-likeness (QED) is 0.856. The number of aryl methyl sites for hydroxylation is 2. The number of thiazole rings is 1. The van der Waals surface area contributed by atoms with Gasteiger partial charge in [-0.1, -0.05) is 17.7 Å². The predicted molar refractivity (Wildman–Crippen MR) is 86.1 cm³/mol. The molecule has 1 aliphatic heterocycles. The molecule has 1 aromatic carbocycles. The van der Waals surface area contributed by atoms with Gasteiger partial charge >= 0.3 is 0 Å². The highest BCUT2D eigenvalue weighted by atomic mass is 32.1. The second-order valence-corrected chi connectivity index (χ2v) is 6.29. The first-order chi connectivity index (χ1) is 10.1. The number of anilines is 1. The number of hydrogen-bond acceptors (Lipinski definition) is 4. The standard InChI is InChI=1S/C16H19N3OS/c1-12-3-4-13(2)14(11-12)15(20)18-6-8-19(9-7-18)16-17-5-10-21-16/h3-5,10-11H,6-9H2,1-2H3. The van der Waals surface area contributed by atoms with Crippen LogP contribution in [0.2, 0.25) is 0 Å². The van der Waals surface area contributed by atoms with E-state index >= 15 is 0 Å². The van der Waals surface area contributed by atoms with E-state index in [4.69, 9.17) is 0 Å². The van der Waals surface area contributed by atoms with Gasteiger partial charge in [0, 0.05) is 43.3 Å². The Morgan fingerprint density at radius 3 is 2.62 bits per heavy atom. The van der Waals surface area contributed by atoms with Gasteiger partial charge in [-0.05, 0) is 25.5 Å². The molecule has 0 spiro atoms. The number of nitrogens with zero attached hydrogens (tertiary/aromatic N) is 3. The van der Waals surface area contributed by atoms with Crippen LogP contribution in [0, 0.1) is 13.8 Å². The predicted octanol–water partition coefficient (Wildman–Crippen LogP) is 2.72. The molecule has 1 aliphatic rings. The molecular weight excluding hydrogens is 282 g/mol. The maximum absolute atomic E-state index is 12.7.